The summed E-state index contributed by atoms with van der Waals surface area (Å²) in [5.41, 5.74) is 3.94. The third-order valence-corrected chi connectivity index (χ3v) is 7.65. The number of methoxy groups -OCH3 is 1. The van der Waals surface area contributed by atoms with Gasteiger partial charge in [-0.1, -0.05) is 18.2 Å². The monoisotopic (exact) mass is 582 g/mol. The highest BCUT2D eigenvalue weighted by Gasteiger charge is 2.27. The van der Waals surface area contributed by atoms with E-state index < -0.39 is 11.6 Å². The largest absolute Gasteiger partial charge is 0.491 e. The van der Waals surface area contributed by atoms with Gasteiger partial charge in [-0.3, -0.25) is 0 Å². The second-order valence-electron chi connectivity index (χ2n) is 10.7. The summed E-state index contributed by atoms with van der Waals surface area (Å²) in [5, 5.41) is 3.48. The average molecular weight is 583 g/mol. The quantitative estimate of drug-likeness (QED) is 0.254. The van der Waals surface area contributed by atoms with E-state index in [0.29, 0.717) is 32.0 Å². The Morgan fingerprint density at radius 1 is 0.929 bits per heavy atom. The van der Waals surface area contributed by atoms with Crippen LogP contribution in [0.4, 0.5) is 14.5 Å². The predicted octanol–water partition coefficient (Wildman–Crippen LogP) is 5.46. The third-order valence-electron chi connectivity index (χ3n) is 7.65. The normalized spacial score (nSPS) is 18.4. The maximum absolute atomic E-state index is 13.3. The number of rotatable bonds is 14. The lowest BCUT2D eigenvalue weighted by atomic mass is 9.87. The van der Waals surface area contributed by atoms with Gasteiger partial charge in [0, 0.05) is 38.8 Å². The van der Waals surface area contributed by atoms with Crippen LogP contribution in [-0.4, -0.2) is 65.8 Å². The molecule has 5 rings (SSSR count). The lowest BCUT2D eigenvalue weighted by Crippen LogP contribution is -2.41. The molecule has 0 amide bonds. The smallest absolute Gasteiger partial charge is 0.142 e. The summed E-state index contributed by atoms with van der Waals surface area (Å²) in [4.78, 5) is 2.37. The van der Waals surface area contributed by atoms with E-state index in [1.807, 2.05) is 12.1 Å². The van der Waals surface area contributed by atoms with Crippen molar-refractivity contribution in [3.63, 3.8) is 0 Å². The number of ether oxygens (including phenoxy) is 5. The first-order chi connectivity index (χ1) is 20.6. The number of hydrogen-bond donors (Lipinski definition) is 1. The third kappa shape index (κ3) is 8.41. The Morgan fingerprint density at radius 3 is 2.57 bits per heavy atom. The fourth-order valence-electron chi connectivity index (χ4n) is 5.54. The van der Waals surface area contributed by atoms with Crippen LogP contribution < -0.4 is 19.7 Å². The van der Waals surface area contributed by atoms with Crippen LogP contribution in [0, 0.1) is 11.6 Å². The molecule has 3 aromatic carbocycles. The van der Waals surface area contributed by atoms with Crippen LogP contribution in [0.1, 0.15) is 35.4 Å². The molecule has 0 spiro atoms. The number of nitrogens with zero attached hydrogens (tertiary/aromatic N) is 1. The van der Waals surface area contributed by atoms with E-state index in [-0.39, 0.29) is 18.6 Å². The molecule has 1 fully saturated rings. The average Bonchev–Trinajstić information content (AvgIpc) is 3.00. The number of fused-ring (bicyclic) bond motifs is 1. The van der Waals surface area contributed by atoms with E-state index in [0.717, 1.165) is 74.4 Å². The number of benzene rings is 3. The van der Waals surface area contributed by atoms with Crippen LogP contribution in [0.25, 0.3) is 0 Å². The molecule has 2 aliphatic heterocycles. The van der Waals surface area contributed by atoms with E-state index >= 15 is 0 Å². The molecular weight excluding hydrogens is 542 g/mol. The Bertz CT molecular complexity index is 1260. The lowest BCUT2D eigenvalue weighted by molar-refractivity contribution is 0.0106. The SMILES string of the molecule is COCCCN1CCOc2ccc(COC3CNCCC3c3ccc(OCCOCc4cc(F)cc(F)c4)cc3)cc21. The van der Waals surface area contributed by atoms with Gasteiger partial charge in [-0.2, -0.15) is 0 Å². The zero-order valence-electron chi connectivity index (χ0n) is 24.2. The Hall–Kier alpha value is -3.24. The van der Waals surface area contributed by atoms with Gasteiger partial charge < -0.3 is 33.9 Å². The first-order valence-electron chi connectivity index (χ1n) is 14.7. The summed E-state index contributed by atoms with van der Waals surface area (Å²) in [7, 11) is 1.74. The van der Waals surface area contributed by atoms with Crippen molar-refractivity contribution in [1.29, 1.82) is 0 Å². The van der Waals surface area contributed by atoms with Crippen molar-refractivity contribution in [3.05, 3.63) is 89.0 Å². The zero-order valence-corrected chi connectivity index (χ0v) is 24.2. The highest BCUT2D eigenvalue weighted by atomic mass is 19.1. The second-order valence-corrected chi connectivity index (χ2v) is 10.7. The zero-order chi connectivity index (χ0) is 29.1. The molecule has 2 heterocycles. The van der Waals surface area contributed by atoms with Crippen LogP contribution in [0.2, 0.25) is 0 Å². The first kappa shape index (κ1) is 30.2. The van der Waals surface area contributed by atoms with Crippen LogP contribution >= 0.6 is 0 Å². The Morgan fingerprint density at radius 2 is 1.76 bits per heavy atom. The van der Waals surface area contributed by atoms with Crippen LogP contribution in [0.3, 0.4) is 0 Å². The number of halogens is 2. The van der Waals surface area contributed by atoms with Gasteiger partial charge in [0.25, 0.3) is 0 Å². The molecule has 0 aliphatic carbocycles. The van der Waals surface area contributed by atoms with Gasteiger partial charge in [0.2, 0.25) is 0 Å². The van der Waals surface area contributed by atoms with E-state index in [1.54, 1.807) is 7.11 Å². The molecule has 0 radical (unpaired) electrons. The van der Waals surface area contributed by atoms with Gasteiger partial charge in [0.05, 0.1) is 38.2 Å². The van der Waals surface area contributed by atoms with Crippen molar-refractivity contribution < 1.29 is 32.5 Å². The Labute approximate surface area is 246 Å². The van der Waals surface area contributed by atoms with Gasteiger partial charge >= 0.3 is 0 Å². The molecule has 0 bridgehead atoms. The van der Waals surface area contributed by atoms with Crippen molar-refractivity contribution in [2.24, 2.45) is 0 Å². The minimum absolute atomic E-state index is 0.0525. The standard InChI is InChI=1S/C33H40F2N2O5/c1-38-13-2-11-37-12-14-41-32-8-3-24(19-31(32)37)23-42-33-21-36-10-9-30(33)26-4-6-29(7-5-26)40-16-15-39-22-25-17-27(34)20-28(35)18-25/h3-8,17-20,30,33,36H,2,9-16,21-23H2,1H3. The van der Waals surface area contributed by atoms with Crippen LogP contribution in [-0.2, 0) is 27.4 Å². The molecule has 0 aromatic heterocycles. The summed E-state index contributed by atoms with van der Waals surface area (Å²) in [6.45, 7) is 6.30. The van der Waals surface area contributed by atoms with Gasteiger partial charge in [-0.15, -0.1) is 0 Å². The topological polar surface area (TPSA) is 61.4 Å². The summed E-state index contributed by atoms with van der Waals surface area (Å²) < 4.78 is 55.6. The van der Waals surface area contributed by atoms with Crippen molar-refractivity contribution in [2.45, 2.75) is 38.1 Å². The fraction of sp³-hybridized carbons (Fsp3) is 0.455. The fourth-order valence-corrected chi connectivity index (χ4v) is 5.54. The first-order valence-corrected chi connectivity index (χ1v) is 14.7. The summed E-state index contributed by atoms with van der Waals surface area (Å²) in [6.07, 6.45) is 2.02. The summed E-state index contributed by atoms with van der Waals surface area (Å²) in [6, 6.07) is 17.9. The molecule has 9 heteroatoms. The van der Waals surface area contributed by atoms with Crippen molar-refractivity contribution in [1.82, 2.24) is 5.32 Å². The maximum atomic E-state index is 13.3. The molecule has 2 aliphatic rings. The minimum Gasteiger partial charge on any atom is -0.491 e. The second kappa shape index (κ2) is 15.3. The van der Waals surface area contributed by atoms with Gasteiger partial charge in [-0.25, -0.2) is 8.78 Å². The van der Waals surface area contributed by atoms with Gasteiger partial charge in [0.15, 0.2) is 0 Å². The number of anilines is 1. The number of hydrogen-bond acceptors (Lipinski definition) is 7. The molecular formula is C33H40F2N2O5. The summed E-state index contributed by atoms with van der Waals surface area (Å²) >= 11 is 0. The molecule has 2 atom stereocenters. The lowest BCUT2D eigenvalue weighted by Gasteiger charge is -2.33. The molecule has 1 saturated heterocycles. The molecule has 0 saturated carbocycles. The number of nitrogens with one attached hydrogen (secondary N) is 1. The van der Waals surface area contributed by atoms with Crippen molar-refractivity contribution in [2.75, 3.05) is 64.6 Å². The number of piperidine rings is 1. The molecule has 2 unspecified atom stereocenters. The Balaban J connectivity index is 1.11. The minimum atomic E-state index is -0.610. The van der Waals surface area contributed by atoms with E-state index in [1.165, 1.54) is 17.7 Å². The maximum Gasteiger partial charge on any atom is 0.142 e. The van der Waals surface area contributed by atoms with E-state index in [9.17, 15) is 8.78 Å². The van der Waals surface area contributed by atoms with Gasteiger partial charge in [0.1, 0.15) is 36.3 Å². The van der Waals surface area contributed by atoms with Crippen LogP contribution in [0.5, 0.6) is 11.5 Å². The molecule has 42 heavy (non-hydrogen) atoms. The highest BCUT2D eigenvalue weighted by molar-refractivity contribution is 5.61. The van der Waals surface area contributed by atoms with Crippen molar-refractivity contribution in [3.8, 4) is 11.5 Å². The molecule has 3 aromatic rings. The van der Waals surface area contributed by atoms with Gasteiger partial charge in [-0.05, 0) is 72.5 Å². The highest BCUT2D eigenvalue weighted by Crippen LogP contribution is 2.34. The van der Waals surface area contributed by atoms with Crippen molar-refractivity contribution >= 4 is 5.69 Å². The van der Waals surface area contributed by atoms with E-state index in [4.69, 9.17) is 23.7 Å². The van der Waals surface area contributed by atoms with E-state index in [2.05, 4.69) is 40.5 Å². The Kier molecular flexibility index (Phi) is 11.0. The van der Waals surface area contributed by atoms with Crippen LogP contribution in [0.15, 0.2) is 60.7 Å². The molecule has 7 nitrogen and oxygen atoms in total. The summed E-state index contributed by atoms with van der Waals surface area (Å²) in [5.74, 6) is 0.732. The predicted molar refractivity (Wildman–Crippen MR) is 157 cm³/mol. The molecule has 226 valence electrons. The molecule has 1 N–H and O–H groups in total.